The van der Waals surface area contributed by atoms with Gasteiger partial charge in [-0.2, -0.15) is 0 Å². The lowest BCUT2D eigenvalue weighted by atomic mass is 9.85. The average Bonchev–Trinajstić information content (AvgIpc) is 2.98. The van der Waals surface area contributed by atoms with E-state index in [1.807, 2.05) is 0 Å². The van der Waals surface area contributed by atoms with Crippen LogP contribution in [0.4, 0.5) is 0 Å². The van der Waals surface area contributed by atoms with Crippen molar-refractivity contribution in [3.63, 3.8) is 0 Å². The fraction of sp³-hybridized carbons (Fsp3) is 0.787. The van der Waals surface area contributed by atoms with Gasteiger partial charge in [-0.3, -0.25) is 0 Å². The van der Waals surface area contributed by atoms with E-state index in [0.717, 1.165) is 60.2 Å². The monoisotopic (exact) mass is 1320 g/mol. The molecular weight excluding hydrogens is 1130 g/mol. The first-order chi connectivity index (χ1) is 43.8. The number of allylic oxidation sites excluding steroid dienone is 10. The van der Waals surface area contributed by atoms with E-state index in [1.165, 1.54) is 236 Å². The van der Waals surface area contributed by atoms with Crippen molar-refractivity contribution in [3.05, 3.63) is 122 Å². The largest absolute Gasteiger partial charge is 0.100 e. The smallest absolute Gasteiger partial charge is 0.0209 e. The molecular formula is C94H186. The zero-order chi connectivity index (χ0) is 75.5. The molecule has 0 aliphatic carbocycles. The molecule has 562 valence electrons. The first-order valence-corrected chi connectivity index (χ1v) is 40.4. The molecule has 0 aromatic rings. The van der Waals surface area contributed by atoms with Gasteiger partial charge in [0.1, 0.15) is 0 Å². The molecule has 0 saturated heterocycles. The molecule has 0 rings (SSSR count). The molecule has 0 heteroatoms. The second-order valence-electron chi connectivity index (χ2n) is 30.3. The third-order valence-electron chi connectivity index (χ3n) is 21.1. The molecule has 7 atom stereocenters. The Hall–Kier alpha value is -2.60. The first kappa shape index (κ1) is 110. The van der Waals surface area contributed by atoms with Gasteiger partial charge >= 0.3 is 0 Å². The van der Waals surface area contributed by atoms with Crippen LogP contribution in [0, 0.1) is 76.9 Å². The Balaban J connectivity index is -0.000000125. The molecule has 0 aromatic carbocycles. The molecule has 7 unspecified atom stereocenters. The highest BCUT2D eigenvalue weighted by Crippen LogP contribution is 2.28. The van der Waals surface area contributed by atoms with Gasteiger partial charge in [-0.05, 0) is 235 Å². The summed E-state index contributed by atoms with van der Waals surface area (Å²) in [6, 6.07) is 0. The van der Waals surface area contributed by atoms with Crippen LogP contribution in [0.15, 0.2) is 122 Å². The summed E-state index contributed by atoms with van der Waals surface area (Å²) in [5.41, 5.74) is 13.4. The van der Waals surface area contributed by atoms with Crippen LogP contribution in [-0.2, 0) is 0 Å². The van der Waals surface area contributed by atoms with Crippen LogP contribution in [0.1, 0.15) is 407 Å². The maximum Gasteiger partial charge on any atom is -0.0209 e. The highest BCUT2D eigenvalue weighted by molar-refractivity contribution is 5.00. The fourth-order valence-electron chi connectivity index (χ4n) is 10.9. The van der Waals surface area contributed by atoms with Crippen LogP contribution in [0.25, 0.3) is 0 Å². The van der Waals surface area contributed by atoms with Gasteiger partial charge in [-0.1, -0.05) is 344 Å². The Bertz CT molecular complexity index is 1700. The minimum Gasteiger partial charge on any atom is -0.100 e. The predicted octanol–water partition coefficient (Wildman–Crippen LogP) is 34.8. The van der Waals surface area contributed by atoms with Gasteiger partial charge in [0.25, 0.3) is 0 Å². The Morgan fingerprint density at radius 3 is 0.628 bits per heavy atom. The Labute approximate surface area is 602 Å². The van der Waals surface area contributed by atoms with Crippen molar-refractivity contribution in [3.8, 4) is 0 Å². The maximum atomic E-state index is 4.02. The molecule has 0 nitrogen and oxygen atoms in total. The molecule has 0 radical (unpaired) electrons. The van der Waals surface area contributed by atoms with Crippen molar-refractivity contribution >= 4 is 0 Å². The SMILES string of the molecule is C=C(C)C(C)C(CC)CC.C=C(C)C(C)C(CC)CC.C=C(C)C(C)CCC(CC)CCC.C=C(C)CCC(CC)CCC.C=C(C)CCC(CC)CCC(=C)C.C=C(C)CCC(CC)CCC(C)C(=C)C.C=C(CC)C(C)C.C=C(CC)C(CC)CC.CCC(C)CC. The summed E-state index contributed by atoms with van der Waals surface area (Å²) in [7, 11) is 0. The summed E-state index contributed by atoms with van der Waals surface area (Å²) in [5, 5.41) is 0. The van der Waals surface area contributed by atoms with Crippen LogP contribution in [0.2, 0.25) is 0 Å². The lowest BCUT2D eigenvalue weighted by Gasteiger charge is -2.20. The van der Waals surface area contributed by atoms with Crippen molar-refractivity contribution in [2.75, 3.05) is 0 Å². The summed E-state index contributed by atoms with van der Waals surface area (Å²) >= 11 is 0. The van der Waals surface area contributed by atoms with Crippen molar-refractivity contribution < 1.29 is 0 Å². The maximum absolute atomic E-state index is 4.02. The third kappa shape index (κ3) is 80.1. The highest BCUT2D eigenvalue weighted by Gasteiger charge is 2.15. The fourth-order valence-corrected chi connectivity index (χ4v) is 10.9. The van der Waals surface area contributed by atoms with E-state index in [-0.39, 0.29) is 0 Å². The average molecular weight is 1320 g/mol. The second kappa shape index (κ2) is 77.7. The second-order valence-corrected chi connectivity index (χ2v) is 30.3. The number of hydrogen-bond acceptors (Lipinski definition) is 0. The van der Waals surface area contributed by atoms with Gasteiger partial charge in [-0.15, -0.1) is 26.3 Å². The van der Waals surface area contributed by atoms with Crippen molar-refractivity contribution in [2.24, 2.45) is 76.9 Å². The molecule has 0 aliphatic heterocycles. The molecule has 94 heavy (non-hydrogen) atoms. The molecule has 0 N–H and O–H groups in total. The molecule has 0 heterocycles. The van der Waals surface area contributed by atoms with Crippen molar-refractivity contribution in [1.29, 1.82) is 0 Å². The van der Waals surface area contributed by atoms with Gasteiger partial charge in [0.05, 0.1) is 0 Å². The molecule has 0 aliphatic rings. The Morgan fingerprint density at radius 2 is 0.500 bits per heavy atom. The first-order valence-electron chi connectivity index (χ1n) is 40.4. The van der Waals surface area contributed by atoms with Gasteiger partial charge in [-0.25, -0.2) is 0 Å². The summed E-state index contributed by atoms with van der Waals surface area (Å²) in [6.45, 7) is 108. The van der Waals surface area contributed by atoms with Crippen molar-refractivity contribution in [1.82, 2.24) is 0 Å². The molecule has 0 spiro atoms. The lowest BCUT2D eigenvalue weighted by Crippen LogP contribution is -2.10. The highest BCUT2D eigenvalue weighted by atomic mass is 14.2. The zero-order valence-corrected chi connectivity index (χ0v) is 71.8. The quantitative estimate of drug-likeness (QED) is 0.0534. The minimum atomic E-state index is 0.671. The van der Waals surface area contributed by atoms with E-state index in [1.54, 1.807) is 0 Å². The predicted molar refractivity (Wildman–Crippen MR) is 451 cm³/mol. The number of hydrogen-bond donors (Lipinski definition) is 0. The van der Waals surface area contributed by atoms with Crippen LogP contribution >= 0.6 is 0 Å². The van der Waals surface area contributed by atoms with Gasteiger partial charge in [0.2, 0.25) is 0 Å². The van der Waals surface area contributed by atoms with E-state index < -0.39 is 0 Å². The Kier molecular flexibility index (Phi) is 91.0. The third-order valence-corrected chi connectivity index (χ3v) is 21.1. The van der Waals surface area contributed by atoms with Crippen molar-refractivity contribution in [2.45, 2.75) is 407 Å². The zero-order valence-electron chi connectivity index (χ0n) is 71.8. The van der Waals surface area contributed by atoms with Crippen LogP contribution in [-0.4, -0.2) is 0 Å². The normalized spacial score (nSPS) is 12.7. The molecule has 0 amide bonds. The van der Waals surface area contributed by atoms with Crippen LogP contribution < -0.4 is 0 Å². The van der Waals surface area contributed by atoms with Crippen LogP contribution in [0.5, 0.6) is 0 Å². The molecule has 0 fully saturated rings. The summed E-state index contributed by atoms with van der Waals surface area (Å²) < 4.78 is 0. The molecule has 0 saturated carbocycles. The minimum absolute atomic E-state index is 0.671. The van der Waals surface area contributed by atoms with E-state index in [2.05, 4.69) is 280 Å². The van der Waals surface area contributed by atoms with Crippen LogP contribution in [0.3, 0.4) is 0 Å². The van der Waals surface area contributed by atoms with E-state index in [9.17, 15) is 0 Å². The molecule has 0 bridgehead atoms. The van der Waals surface area contributed by atoms with Gasteiger partial charge in [0.15, 0.2) is 0 Å². The molecule has 0 aromatic heterocycles. The Morgan fingerprint density at radius 1 is 0.255 bits per heavy atom. The standard InChI is InChI=1S/C15H28.C13H24.C13H26.C11H22.2C10H20.C9H18.C7H14.C6H14/c1-7-15(10-8-12(2)3)11-9-14(6)13(4)5;1-6-13(9-7-11(2)3)10-8-12(4)5;1-6-8-13(7-2)10-9-12(5)11(3)4;1-5-7-11(6-2)9-8-10(3)4;2*1-6-10(7-2)9(5)8(3)4;1-5-8(4)9(6-2)7-3;1-5-7(4)6(2)3;1-4-6(3)5-2/h14-15H,2,4,7-11H2,1,3,5-6H3;13H,2,4,6-10H2,1,3,5H3;12-13H,3,6-10H2,1-2,4-5H3;11H,3,5-9H2,1-2,4H3;2*9-10H,3,6-7H2,1-2,4-5H3;9H,4-7H2,1-3H3;6H,4-5H2,1-3H3;6H,4-5H2,1-3H3. The van der Waals surface area contributed by atoms with E-state index >= 15 is 0 Å². The van der Waals surface area contributed by atoms with Gasteiger partial charge in [0, 0.05) is 0 Å². The summed E-state index contributed by atoms with van der Waals surface area (Å²) in [4.78, 5) is 0. The number of rotatable bonds is 44. The van der Waals surface area contributed by atoms with E-state index in [4.69, 9.17) is 0 Å². The lowest BCUT2D eigenvalue weighted by molar-refractivity contribution is 0.380. The summed E-state index contributed by atoms with van der Waals surface area (Å²) in [5.74, 6) is 10.5. The van der Waals surface area contributed by atoms with E-state index in [0.29, 0.717) is 29.6 Å². The topological polar surface area (TPSA) is 0 Å². The van der Waals surface area contributed by atoms with Gasteiger partial charge < -0.3 is 0 Å². The summed E-state index contributed by atoms with van der Waals surface area (Å²) in [6.07, 6.45) is 38.7.